The number of hydrogen-bond acceptors (Lipinski definition) is 3. The highest BCUT2D eigenvalue weighted by molar-refractivity contribution is 5.88. The van der Waals surface area contributed by atoms with Gasteiger partial charge >= 0.3 is 12.1 Å². The molecule has 1 rings (SSSR count). The molecule has 0 radical (unpaired) electrons. The Morgan fingerprint density at radius 2 is 2.22 bits per heavy atom. The minimum atomic E-state index is -4.15. The van der Waals surface area contributed by atoms with Crippen LogP contribution in [0, 0.1) is 0 Å². The highest BCUT2D eigenvalue weighted by atomic mass is 19.4. The maximum atomic E-state index is 11.9. The molecule has 8 heteroatoms. The summed E-state index contributed by atoms with van der Waals surface area (Å²) >= 11 is 0. The number of alkyl halides is 3. The van der Waals surface area contributed by atoms with E-state index in [1.54, 1.807) is 7.05 Å². The third kappa shape index (κ3) is 4.36. The fraction of sp³-hybridized carbons (Fsp3) is 0.600. The molecular formula is C10H14F3N3O2. The van der Waals surface area contributed by atoms with E-state index in [1.165, 1.54) is 10.9 Å². The number of nitrogens with zero attached hydrogens (tertiary/aromatic N) is 2. The lowest BCUT2D eigenvalue weighted by molar-refractivity contribution is -0.135. The Kier molecular flexibility index (Phi) is 4.71. The van der Waals surface area contributed by atoms with Crippen molar-refractivity contribution in [2.45, 2.75) is 25.6 Å². The standard InChI is InChI=1S/C10H14F3N3O2/c1-16-8(7(5-15-16)9(17)18)6-14-4-2-3-10(11,12)13/h5,14H,2-4,6H2,1H3,(H,17,18). The maximum Gasteiger partial charge on any atom is 0.389 e. The second-order valence-corrected chi connectivity index (χ2v) is 3.83. The molecule has 0 aliphatic carbocycles. The number of halogens is 3. The quantitative estimate of drug-likeness (QED) is 0.766. The minimum Gasteiger partial charge on any atom is -0.478 e. The summed E-state index contributed by atoms with van der Waals surface area (Å²) in [5.41, 5.74) is 0.496. The largest absolute Gasteiger partial charge is 0.478 e. The van der Waals surface area contributed by atoms with Crippen LogP contribution in [0.25, 0.3) is 0 Å². The number of aromatic nitrogens is 2. The SMILES string of the molecule is Cn1ncc(C(=O)O)c1CNCCCC(F)(F)F. The molecule has 0 atom stereocenters. The molecule has 1 aromatic rings. The normalized spacial score (nSPS) is 11.8. The van der Waals surface area contributed by atoms with Gasteiger partial charge in [0.05, 0.1) is 11.9 Å². The molecule has 0 unspecified atom stereocenters. The van der Waals surface area contributed by atoms with E-state index in [-0.39, 0.29) is 25.1 Å². The van der Waals surface area contributed by atoms with Crippen molar-refractivity contribution in [1.29, 1.82) is 0 Å². The fourth-order valence-corrected chi connectivity index (χ4v) is 1.47. The van der Waals surface area contributed by atoms with Crippen LogP contribution in [0.4, 0.5) is 13.2 Å². The van der Waals surface area contributed by atoms with E-state index in [1.807, 2.05) is 0 Å². The van der Waals surface area contributed by atoms with Gasteiger partial charge < -0.3 is 10.4 Å². The first-order chi connectivity index (χ1) is 8.31. The van der Waals surface area contributed by atoms with Crippen molar-refractivity contribution in [2.24, 2.45) is 7.05 Å². The third-order valence-electron chi connectivity index (χ3n) is 2.40. The Labute approximate surface area is 102 Å². The van der Waals surface area contributed by atoms with Crippen molar-refractivity contribution in [3.63, 3.8) is 0 Å². The number of rotatable bonds is 6. The van der Waals surface area contributed by atoms with Gasteiger partial charge in [-0.25, -0.2) is 4.79 Å². The summed E-state index contributed by atoms with van der Waals surface area (Å²) in [6, 6.07) is 0. The average molecular weight is 265 g/mol. The van der Waals surface area contributed by atoms with Crippen molar-refractivity contribution < 1.29 is 23.1 Å². The lowest BCUT2D eigenvalue weighted by Crippen LogP contribution is -2.20. The molecule has 0 aromatic carbocycles. The number of carboxylic acids is 1. The Hall–Kier alpha value is -1.57. The van der Waals surface area contributed by atoms with Gasteiger partial charge in [-0.1, -0.05) is 0 Å². The summed E-state index contributed by atoms with van der Waals surface area (Å²) in [7, 11) is 1.58. The van der Waals surface area contributed by atoms with Gasteiger partial charge in [0.1, 0.15) is 5.56 Å². The van der Waals surface area contributed by atoms with E-state index in [9.17, 15) is 18.0 Å². The van der Waals surface area contributed by atoms with Gasteiger partial charge in [0.15, 0.2) is 0 Å². The number of aromatic carboxylic acids is 1. The zero-order valence-electron chi connectivity index (χ0n) is 9.79. The van der Waals surface area contributed by atoms with Crippen LogP contribution in [-0.4, -0.2) is 33.6 Å². The molecule has 102 valence electrons. The molecule has 0 aliphatic heterocycles. The highest BCUT2D eigenvalue weighted by Gasteiger charge is 2.25. The number of aryl methyl sites for hydroxylation is 1. The van der Waals surface area contributed by atoms with Crippen molar-refractivity contribution in [2.75, 3.05) is 6.54 Å². The van der Waals surface area contributed by atoms with Crippen molar-refractivity contribution >= 4 is 5.97 Å². The van der Waals surface area contributed by atoms with Gasteiger partial charge in [0.25, 0.3) is 0 Å². The van der Waals surface area contributed by atoms with Crippen LogP contribution in [0.2, 0.25) is 0 Å². The second kappa shape index (κ2) is 5.85. The van der Waals surface area contributed by atoms with Crippen LogP contribution >= 0.6 is 0 Å². The summed E-state index contributed by atoms with van der Waals surface area (Å²) in [6.07, 6.45) is -3.82. The molecule has 0 amide bonds. The van der Waals surface area contributed by atoms with Gasteiger partial charge in [0, 0.05) is 20.0 Å². The molecule has 18 heavy (non-hydrogen) atoms. The van der Waals surface area contributed by atoms with Gasteiger partial charge in [-0.15, -0.1) is 0 Å². The monoisotopic (exact) mass is 265 g/mol. The molecule has 0 spiro atoms. The molecule has 1 heterocycles. The summed E-state index contributed by atoms with van der Waals surface area (Å²) in [5.74, 6) is -1.10. The molecule has 0 fully saturated rings. The Bertz CT molecular complexity index is 415. The summed E-state index contributed by atoms with van der Waals surface area (Å²) < 4.78 is 37.0. The van der Waals surface area contributed by atoms with E-state index >= 15 is 0 Å². The predicted octanol–water partition coefficient (Wildman–Crippen LogP) is 1.55. The molecule has 0 bridgehead atoms. The van der Waals surface area contributed by atoms with Crippen LogP contribution in [-0.2, 0) is 13.6 Å². The van der Waals surface area contributed by atoms with E-state index in [2.05, 4.69) is 10.4 Å². The zero-order valence-corrected chi connectivity index (χ0v) is 9.79. The first-order valence-corrected chi connectivity index (χ1v) is 5.33. The van der Waals surface area contributed by atoms with E-state index in [0.717, 1.165) is 0 Å². The molecule has 5 nitrogen and oxygen atoms in total. The Morgan fingerprint density at radius 1 is 1.56 bits per heavy atom. The topological polar surface area (TPSA) is 67.2 Å². The average Bonchev–Trinajstić information content (AvgIpc) is 2.58. The second-order valence-electron chi connectivity index (χ2n) is 3.83. The first-order valence-electron chi connectivity index (χ1n) is 5.33. The molecular weight excluding hydrogens is 251 g/mol. The van der Waals surface area contributed by atoms with Gasteiger partial charge in [0.2, 0.25) is 0 Å². The zero-order chi connectivity index (χ0) is 13.8. The highest BCUT2D eigenvalue weighted by Crippen LogP contribution is 2.20. The van der Waals surface area contributed by atoms with Crippen LogP contribution in [0.1, 0.15) is 28.9 Å². The number of hydrogen-bond donors (Lipinski definition) is 2. The van der Waals surface area contributed by atoms with Gasteiger partial charge in [-0.3, -0.25) is 4.68 Å². The number of nitrogens with one attached hydrogen (secondary N) is 1. The van der Waals surface area contributed by atoms with Crippen LogP contribution < -0.4 is 5.32 Å². The van der Waals surface area contributed by atoms with E-state index in [4.69, 9.17) is 5.11 Å². The maximum absolute atomic E-state index is 11.9. The van der Waals surface area contributed by atoms with Crippen molar-refractivity contribution in [1.82, 2.24) is 15.1 Å². The van der Waals surface area contributed by atoms with Gasteiger partial charge in [-0.2, -0.15) is 18.3 Å². The molecule has 0 saturated carbocycles. The predicted molar refractivity (Wildman–Crippen MR) is 57.2 cm³/mol. The number of carbonyl (C=O) groups is 1. The smallest absolute Gasteiger partial charge is 0.389 e. The lowest BCUT2D eigenvalue weighted by Gasteiger charge is -2.08. The molecule has 0 aliphatic rings. The van der Waals surface area contributed by atoms with Crippen LogP contribution in [0.15, 0.2) is 6.20 Å². The summed E-state index contributed by atoms with van der Waals surface area (Å²) in [4.78, 5) is 10.8. The summed E-state index contributed by atoms with van der Waals surface area (Å²) in [6.45, 7) is 0.347. The first kappa shape index (κ1) is 14.5. The van der Waals surface area contributed by atoms with E-state index < -0.39 is 18.6 Å². The van der Waals surface area contributed by atoms with Crippen LogP contribution in [0.5, 0.6) is 0 Å². The lowest BCUT2D eigenvalue weighted by atomic mass is 10.2. The van der Waals surface area contributed by atoms with Crippen molar-refractivity contribution in [3.05, 3.63) is 17.5 Å². The Morgan fingerprint density at radius 3 is 2.78 bits per heavy atom. The molecule has 2 N–H and O–H groups in total. The minimum absolute atomic E-state index is 0.0379. The third-order valence-corrected chi connectivity index (χ3v) is 2.40. The fourth-order valence-electron chi connectivity index (χ4n) is 1.47. The van der Waals surface area contributed by atoms with Crippen LogP contribution in [0.3, 0.4) is 0 Å². The Balaban J connectivity index is 2.40. The van der Waals surface area contributed by atoms with Gasteiger partial charge in [-0.05, 0) is 13.0 Å². The van der Waals surface area contributed by atoms with Crippen molar-refractivity contribution in [3.8, 4) is 0 Å². The molecule has 1 aromatic heterocycles. The van der Waals surface area contributed by atoms with E-state index in [0.29, 0.717) is 5.69 Å². The molecule has 0 saturated heterocycles. The summed E-state index contributed by atoms with van der Waals surface area (Å²) in [5, 5.41) is 15.4. The number of carboxylic acid groups (broad SMARTS) is 1.